The van der Waals surface area contributed by atoms with E-state index in [0.717, 1.165) is 42.0 Å². The van der Waals surface area contributed by atoms with Crippen molar-refractivity contribution in [3.8, 4) is 0 Å². The van der Waals surface area contributed by atoms with Gasteiger partial charge in [-0.2, -0.15) is 0 Å². The van der Waals surface area contributed by atoms with E-state index in [-0.39, 0.29) is 0 Å². The number of aromatic nitrogens is 1. The third-order valence-corrected chi connectivity index (χ3v) is 3.50. The molecule has 0 aromatic carbocycles. The van der Waals surface area contributed by atoms with Crippen LogP contribution in [0.25, 0.3) is 0 Å². The van der Waals surface area contributed by atoms with Gasteiger partial charge < -0.3 is 10.6 Å². The highest BCUT2D eigenvalue weighted by Gasteiger charge is 2.26. The van der Waals surface area contributed by atoms with Gasteiger partial charge in [0.05, 0.1) is 5.69 Å². The summed E-state index contributed by atoms with van der Waals surface area (Å²) in [5.41, 5.74) is 7.95. The summed E-state index contributed by atoms with van der Waals surface area (Å²) in [4.78, 5) is 6.77. The summed E-state index contributed by atoms with van der Waals surface area (Å²) in [6, 6.07) is 2.00. The first-order valence-corrected chi connectivity index (χ1v) is 6.05. The van der Waals surface area contributed by atoms with Crippen molar-refractivity contribution in [2.24, 2.45) is 11.8 Å². The van der Waals surface area contributed by atoms with E-state index >= 15 is 0 Å². The molecule has 0 aliphatic carbocycles. The molecule has 3 heteroatoms. The lowest BCUT2D eigenvalue weighted by molar-refractivity contribution is 0.422. The van der Waals surface area contributed by atoms with Gasteiger partial charge in [0.15, 0.2) is 5.82 Å². The molecule has 0 saturated carbocycles. The molecule has 1 aliphatic rings. The van der Waals surface area contributed by atoms with Crippen molar-refractivity contribution in [1.82, 2.24) is 4.98 Å². The summed E-state index contributed by atoms with van der Waals surface area (Å²) in [7, 11) is 0. The Kier molecular flexibility index (Phi) is 3.03. The predicted octanol–water partition coefficient (Wildman–Crippen LogP) is 2.45. The molecule has 16 heavy (non-hydrogen) atoms. The molecule has 3 nitrogen and oxygen atoms in total. The monoisotopic (exact) mass is 219 g/mol. The van der Waals surface area contributed by atoms with Crippen LogP contribution in [0.2, 0.25) is 0 Å². The van der Waals surface area contributed by atoms with E-state index < -0.39 is 0 Å². The van der Waals surface area contributed by atoms with Gasteiger partial charge in [-0.15, -0.1) is 0 Å². The Morgan fingerprint density at radius 1 is 1.50 bits per heavy atom. The summed E-state index contributed by atoms with van der Waals surface area (Å²) in [6.45, 7) is 8.79. The molecule has 0 amide bonds. The van der Waals surface area contributed by atoms with Crippen molar-refractivity contribution in [1.29, 1.82) is 0 Å². The van der Waals surface area contributed by atoms with Crippen LogP contribution in [0.4, 0.5) is 11.5 Å². The van der Waals surface area contributed by atoms with E-state index in [1.807, 2.05) is 19.2 Å². The molecule has 1 fully saturated rings. The molecular weight excluding hydrogens is 198 g/mol. The second kappa shape index (κ2) is 4.32. The first-order valence-electron chi connectivity index (χ1n) is 6.05. The zero-order valence-corrected chi connectivity index (χ0v) is 10.4. The van der Waals surface area contributed by atoms with Crippen molar-refractivity contribution in [2.45, 2.75) is 27.2 Å². The van der Waals surface area contributed by atoms with Gasteiger partial charge in [-0.05, 0) is 36.8 Å². The summed E-state index contributed by atoms with van der Waals surface area (Å²) >= 11 is 0. The lowest BCUT2D eigenvalue weighted by Gasteiger charge is -2.20. The van der Waals surface area contributed by atoms with Gasteiger partial charge >= 0.3 is 0 Å². The molecule has 1 aromatic heterocycles. The standard InChI is InChI=1S/C13H21N3/c1-9(2)11-4-5-16(8-11)13-12(14)6-10(3)7-15-13/h6-7,9,11H,4-5,8,14H2,1-3H3. The van der Waals surface area contributed by atoms with Crippen LogP contribution in [0.15, 0.2) is 12.3 Å². The van der Waals surface area contributed by atoms with E-state index in [1.54, 1.807) is 0 Å². The Hall–Kier alpha value is -1.25. The molecule has 2 rings (SSSR count). The van der Waals surface area contributed by atoms with E-state index in [4.69, 9.17) is 5.73 Å². The number of rotatable bonds is 2. The topological polar surface area (TPSA) is 42.2 Å². The van der Waals surface area contributed by atoms with E-state index in [2.05, 4.69) is 23.7 Å². The van der Waals surface area contributed by atoms with Gasteiger partial charge in [-0.1, -0.05) is 13.8 Å². The number of nitrogen functional groups attached to an aromatic ring is 1. The highest BCUT2D eigenvalue weighted by molar-refractivity contribution is 5.63. The van der Waals surface area contributed by atoms with Gasteiger partial charge in [0, 0.05) is 19.3 Å². The van der Waals surface area contributed by atoms with Crippen LogP contribution in [0.5, 0.6) is 0 Å². The lowest BCUT2D eigenvalue weighted by Crippen LogP contribution is -2.23. The first-order chi connectivity index (χ1) is 7.58. The normalized spacial score (nSPS) is 20.8. The average molecular weight is 219 g/mol. The van der Waals surface area contributed by atoms with Gasteiger partial charge in [0.2, 0.25) is 0 Å². The van der Waals surface area contributed by atoms with Crippen molar-refractivity contribution >= 4 is 11.5 Å². The molecule has 1 saturated heterocycles. The number of nitrogens with two attached hydrogens (primary N) is 1. The Balaban J connectivity index is 2.14. The largest absolute Gasteiger partial charge is 0.396 e. The van der Waals surface area contributed by atoms with E-state index in [0.29, 0.717) is 0 Å². The molecule has 2 N–H and O–H groups in total. The molecule has 0 bridgehead atoms. The van der Waals surface area contributed by atoms with Gasteiger partial charge in [0.1, 0.15) is 0 Å². The van der Waals surface area contributed by atoms with Gasteiger partial charge in [0.25, 0.3) is 0 Å². The summed E-state index contributed by atoms with van der Waals surface area (Å²) in [5, 5.41) is 0. The van der Waals surface area contributed by atoms with E-state index in [1.165, 1.54) is 6.42 Å². The molecule has 1 unspecified atom stereocenters. The SMILES string of the molecule is Cc1cnc(N2CCC(C(C)C)C2)c(N)c1. The van der Waals surface area contributed by atoms with Gasteiger partial charge in [-0.3, -0.25) is 0 Å². The number of hydrogen-bond acceptors (Lipinski definition) is 3. The fourth-order valence-electron chi connectivity index (χ4n) is 2.37. The molecule has 2 heterocycles. The van der Waals surface area contributed by atoms with Crippen LogP contribution >= 0.6 is 0 Å². The maximum atomic E-state index is 6.02. The quantitative estimate of drug-likeness (QED) is 0.830. The highest BCUT2D eigenvalue weighted by Crippen LogP contribution is 2.30. The van der Waals surface area contributed by atoms with Crippen molar-refractivity contribution < 1.29 is 0 Å². The average Bonchev–Trinajstić information content (AvgIpc) is 2.66. The molecular formula is C13H21N3. The zero-order valence-electron chi connectivity index (χ0n) is 10.4. The maximum absolute atomic E-state index is 6.02. The van der Waals surface area contributed by atoms with Crippen molar-refractivity contribution in [3.63, 3.8) is 0 Å². The van der Waals surface area contributed by atoms with Crippen LogP contribution < -0.4 is 10.6 Å². The second-order valence-corrected chi connectivity index (χ2v) is 5.16. The van der Waals surface area contributed by atoms with Crippen molar-refractivity contribution in [3.05, 3.63) is 17.8 Å². The summed E-state index contributed by atoms with van der Waals surface area (Å²) in [6.07, 6.45) is 3.15. The molecule has 1 aliphatic heterocycles. The number of nitrogens with zero attached hydrogens (tertiary/aromatic N) is 2. The smallest absolute Gasteiger partial charge is 0.151 e. The Bertz CT molecular complexity index is 373. The Morgan fingerprint density at radius 2 is 2.25 bits per heavy atom. The van der Waals surface area contributed by atoms with Crippen LogP contribution in [-0.2, 0) is 0 Å². The lowest BCUT2D eigenvalue weighted by atomic mass is 9.95. The van der Waals surface area contributed by atoms with Crippen LogP contribution in [0.3, 0.4) is 0 Å². The minimum atomic E-state index is 0.747. The molecule has 1 aromatic rings. The second-order valence-electron chi connectivity index (χ2n) is 5.16. The molecule has 88 valence electrons. The maximum Gasteiger partial charge on any atom is 0.151 e. The number of hydrogen-bond donors (Lipinski definition) is 1. The molecule has 1 atom stereocenters. The molecule has 0 spiro atoms. The minimum Gasteiger partial charge on any atom is -0.396 e. The van der Waals surface area contributed by atoms with E-state index in [9.17, 15) is 0 Å². The number of pyridine rings is 1. The third kappa shape index (κ3) is 2.13. The Morgan fingerprint density at radius 3 is 2.81 bits per heavy atom. The summed E-state index contributed by atoms with van der Waals surface area (Å²) < 4.78 is 0. The Labute approximate surface area is 97.7 Å². The van der Waals surface area contributed by atoms with Crippen LogP contribution in [-0.4, -0.2) is 18.1 Å². The fourth-order valence-corrected chi connectivity index (χ4v) is 2.37. The minimum absolute atomic E-state index is 0.747. The highest BCUT2D eigenvalue weighted by atomic mass is 15.2. The number of anilines is 2. The van der Waals surface area contributed by atoms with Gasteiger partial charge in [-0.25, -0.2) is 4.98 Å². The van der Waals surface area contributed by atoms with Crippen LogP contribution in [0, 0.1) is 18.8 Å². The van der Waals surface area contributed by atoms with Crippen LogP contribution in [0.1, 0.15) is 25.8 Å². The zero-order chi connectivity index (χ0) is 11.7. The van der Waals surface area contributed by atoms with Crippen molar-refractivity contribution in [2.75, 3.05) is 23.7 Å². The number of aryl methyl sites for hydroxylation is 1. The summed E-state index contributed by atoms with van der Waals surface area (Å²) in [5.74, 6) is 2.49. The fraction of sp³-hybridized carbons (Fsp3) is 0.615. The first kappa shape index (κ1) is 11.2. The molecule has 0 radical (unpaired) electrons. The predicted molar refractivity (Wildman–Crippen MR) is 68.5 cm³/mol. The third-order valence-electron chi connectivity index (χ3n) is 3.50.